The lowest BCUT2D eigenvalue weighted by Crippen LogP contribution is -2.32. The van der Waals surface area contributed by atoms with Gasteiger partial charge < -0.3 is 15.7 Å². The molecule has 0 saturated carbocycles. The Hall–Kier alpha value is -1.59. The van der Waals surface area contributed by atoms with Gasteiger partial charge in [0.15, 0.2) is 0 Å². The van der Waals surface area contributed by atoms with Crippen LogP contribution in [-0.4, -0.2) is 36.3 Å². The second-order valence-electron chi connectivity index (χ2n) is 3.70. The predicted octanol–water partition coefficient (Wildman–Crippen LogP) is 0.496. The van der Waals surface area contributed by atoms with Crippen LogP contribution in [0.3, 0.4) is 0 Å². The van der Waals surface area contributed by atoms with Gasteiger partial charge in [0.1, 0.15) is 11.8 Å². The molecule has 1 aromatic rings. The number of carbonyl (C=O) groups is 1. The van der Waals surface area contributed by atoms with Crippen molar-refractivity contribution in [1.29, 1.82) is 0 Å². The van der Waals surface area contributed by atoms with Crippen molar-refractivity contribution in [2.24, 2.45) is 5.73 Å². The molecule has 16 heavy (non-hydrogen) atoms. The molecule has 0 fully saturated rings. The molecule has 0 amide bonds. The molecule has 0 saturated heterocycles. The van der Waals surface area contributed by atoms with Crippen molar-refractivity contribution in [2.45, 2.75) is 12.5 Å². The van der Waals surface area contributed by atoms with E-state index in [1.807, 2.05) is 12.1 Å². The fourth-order valence-electron chi connectivity index (χ4n) is 1.24. The maximum atomic E-state index is 10.6. The third-order valence-electron chi connectivity index (χ3n) is 1.98. The summed E-state index contributed by atoms with van der Waals surface area (Å²) in [5.41, 5.74) is 6.30. The molecule has 1 aromatic carbocycles. The third-order valence-corrected chi connectivity index (χ3v) is 1.98. The van der Waals surface area contributed by atoms with Crippen molar-refractivity contribution in [3.05, 3.63) is 29.8 Å². The van der Waals surface area contributed by atoms with Gasteiger partial charge in [-0.3, -0.25) is 4.79 Å². The van der Waals surface area contributed by atoms with Crippen LogP contribution in [0.1, 0.15) is 5.56 Å². The number of nitrogens with two attached hydrogens (primary N) is 1. The largest absolute Gasteiger partial charge is 0.480 e. The van der Waals surface area contributed by atoms with E-state index in [0.29, 0.717) is 12.2 Å². The number of hydrogen-bond donors (Lipinski definition) is 2. The highest BCUT2D eigenvalue weighted by atomic mass is 16.7. The average Bonchev–Trinajstić information content (AvgIpc) is 2.20. The van der Waals surface area contributed by atoms with Crippen LogP contribution in [0, 0.1) is 0 Å². The molecule has 0 heterocycles. The van der Waals surface area contributed by atoms with Gasteiger partial charge in [-0.25, -0.2) is 0 Å². The van der Waals surface area contributed by atoms with E-state index >= 15 is 0 Å². The van der Waals surface area contributed by atoms with E-state index in [4.69, 9.17) is 15.7 Å². The van der Waals surface area contributed by atoms with Crippen LogP contribution < -0.4 is 10.6 Å². The number of benzene rings is 1. The van der Waals surface area contributed by atoms with E-state index in [9.17, 15) is 4.79 Å². The number of hydrogen-bond acceptors (Lipinski definition) is 4. The van der Waals surface area contributed by atoms with Crippen molar-refractivity contribution in [2.75, 3.05) is 14.1 Å². The van der Waals surface area contributed by atoms with Crippen molar-refractivity contribution >= 4 is 5.97 Å². The summed E-state index contributed by atoms with van der Waals surface area (Å²) in [6.45, 7) is 0. The van der Waals surface area contributed by atoms with Gasteiger partial charge in [0.25, 0.3) is 0 Å². The van der Waals surface area contributed by atoms with Crippen LogP contribution in [-0.2, 0) is 11.2 Å². The molecule has 0 aliphatic rings. The quantitative estimate of drug-likeness (QED) is 0.712. The Morgan fingerprint density at radius 1 is 1.44 bits per heavy atom. The zero-order valence-corrected chi connectivity index (χ0v) is 9.38. The Morgan fingerprint density at radius 2 is 2.00 bits per heavy atom. The van der Waals surface area contributed by atoms with Crippen molar-refractivity contribution in [1.82, 2.24) is 5.06 Å². The summed E-state index contributed by atoms with van der Waals surface area (Å²) in [4.78, 5) is 15.9. The van der Waals surface area contributed by atoms with Gasteiger partial charge in [-0.15, -0.1) is 0 Å². The molecular weight excluding hydrogens is 208 g/mol. The molecular formula is C11H16N2O3. The first kappa shape index (κ1) is 12.5. The zero-order valence-electron chi connectivity index (χ0n) is 9.38. The topological polar surface area (TPSA) is 75.8 Å². The second kappa shape index (κ2) is 5.48. The molecule has 0 bridgehead atoms. The Morgan fingerprint density at radius 3 is 2.44 bits per heavy atom. The van der Waals surface area contributed by atoms with Gasteiger partial charge in [0.2, 0.25) is 0 Å². The summed E-state index contributed by atoms with van der Waals surface area (Å²) in [6, 6.07) is 6.32. The normalized spacial score (nSPS) is 12.5. The lowest BCUT2D eigenvalue weighted by Gasteiger charge is -2.12. The number of hydroxylamine groups is 2. The number of carboxylic acids is 1. The minimum Gasteiger partial charge on any atom is -0.480 e. The number of carboxylic acid groups (broad SMARTS) is 1. The highest BCUT2D eigenvalue weighted by Crippen LogP contribution is 2.13. The molecule has 3 N–H and O–H groups in total. The minimum absolute atomic E-state index is 0.317. The van der Waals surface area contributed by atoms with E-state index < -0.39 is 12.0 Å². The number of aliphatic carboxylic acids is 1. The van der Waals surface area contributed by atoms with Crippen LogP contribution in [0.4, 0.5) is 0 Å². The fourth-order valence-corrected chi connectivity index (χ4v) is 1.24. The summed E-state index contributed by atoms with van der Waals surface area (Å²) < 4.78 is 0. The van der Waals surface area contributed by atoms with Gasteiger partial charge in [0, 0.05) is 14.1 Å². The van der Waals surface area contributed by atoms with Crippen LogP contribution >= 0.6 is 0 Å². The smallest absolute Gasteiger partial charge is 0.320 e. The lowest BCUT2D eigenvalue weighted by atomic mass is 10.1. The summed E-state index contributed by atoms with van der Waals surface area (Å²) in [7, 11) is 3.57. The van der Waals surface area contributed by atoms with Crippen LogP contribution in [0.2, 0.25) is 0 Å². The van der Waals surface area contributed by atoms with E-state index in [1.54, 1.807) is 31.3 Å². The summed E-state index contributed by atoms with van der Waals surface area (Å²) in [5, 5.41) is 10.2. The first-order valence-corrected chi connectivity index (χ1v) is 4.91. The van der Waals surface area contributed by atoms with E-state index in [1.165, 1.54) is 0 Å². The summed E-state index contributed by atoms with van der Waals surface area (Å²) in [5.74, 6) is -0.286. The van der Waals surface area contributed by atoms with Gasteiger partial charge >= 0.3 is 5.97 Å². The molecule has 1 atom stereocenters. The van der Waals surface area contributed by atoms with Crippen molar-refractivity contribution < 1.29 is 14.7 Å². The van der Waals surface area contributed by atoms with Gasteiger partial charge in [0.05, 0.1) is 0 Å². The molecule has 1 rings (SSSR count). The van der Waals surface area contributed by atoms with Gasteiger partial charge in [-0.2, -0.15) is 5.06 Å². The average molecular weight is 224 g/mol. The first-order valence-electron chi connectivity index (χ1n) is 4.91. The molecule has 0 aromatic heterocycles. The van der Waals surface area contributed by atoms with Crippen LogP contribution in [0.25, 0.3) is 0 Å². The van der Waals surface area contributed by atoms with Crippen molar-refractivity contribution in [3.8, 4) is 5.75 Å². The lowest BCUT2D eigenvalue weighted by molar-refractivity contribution is -0.138. The third kappa shape index (κ3) is 3.88. The number of rotatable bonds is 5. The Labute approximate surface area is 94.4 Å². The number of nitrogens with zero attached hydrogens (tertiary/aromatic N) is 1. The molecule has 0 spiro atoms. The molecule has 0 aliphatic carbocycles. The molecule has 5 nitrogen and oxygen atoms in total. The van der Waals surface area contributed by atoms with Crippen LogP contribution in [0.5, 0.6) is 5.75 Å². The van der Waals surface area contributed by atoms with E-state index in [2.05, 4.69) is 0 Å². The standard InChI is InChI=1S/C11H16N2O3/c1-13(2)16-9-5-3-8(4-6-9)7-10(12)11(14)15/h3-6,10H,7,12H2,1-2H3,(H,14,15)/t10-/m0/s1. The van der Waals surface area contributed by atoms with Gasteiger partial charge in [-0.05, 0) is 24.1 Å². The monoisotopic (exact) mass is 224 g/mol. The maximum absolute atomic E-state index is 10.6. The van der Waals surface area contributed by atoms with Crippen molar-refractivity contribution in [3.63, 3.8) is 0 Å². The SMILES string of the molecule is CN(C)Oc1ccc(C[C@H](N)C(=O)O)cc1. The zero-order chi connectivity index (χ0) is 12.1. The molecule has 0 aliphatic heterocycles. The Kier molecular flexibility index (Phi) is 4.28. The molecule has 88 valence electrons. The second-order valence-corrected chi connectivity index (χ2v) is 3.70. The minimum atomic E-state index is -0.992. The van der Waals surface area contributed by atoms with E-state index in [0.717, 1.165) is 5.56 Å². The summed E-state index contributed by atoms with van der Waals surface area (Å²) >= 11 is 0. The van der Waals surface area contributed by atoms with Gasteiger partial charge in [-0.1, -0.05) is 12.1 Å². The molecule has 0 unspecified atom stereocenters. The highest BCUT2D eigenvalue weighted by Gasteiger charge is 2.11. The maximum Gasteiger partial charge on any atom is 0.320 e. The molecule has 5 heteroatoms. The first-order chi connectivity index (χ1) is 7.49. The Balaban J connectivity index is 2.61. The summed E-state index contributed by atoms with van der Waals surface area (Å²) in [6.07, 6.45) is 0.317. The molecule has 0 radical (unpaired) electrons. The van der Waals surface area contributed by atoms with E-state index in [-0.39, 0.29) is 0 Å². The highest BCUT2D eigenvalue weighted by molar-refractivity contribution is 5.73. The predicted molar refractivity (Wildman–Crippen MR) is 60.1 cm³/mol. The van der Waals surface area contributed by atoms with Crippen LogP contribution in [0.15, 0.2) is 24.3 Å². The Bertz CT molecular complexity index is 349. The fraction of sp³-hybridized carbons (Fsp3) is 0.364.